The van der Waals surface area contributed by atoms with E-state index < -0.39 is 35.1 Å². The van der Waals surface area contributed by atoms with Crippen LogP contribution in [0.25, 0.3) is 0 Å². The molecule has 0 saturated heterocycles. The van der Waals surface area contributed by atoms with Crippen molar-refractivity contribution in [3.8, 4) is 0 Å². The fourth-order valence-electron chi connectivity index (χ4n) is 1.60. The molecule has 0 heterocycles. The highest BCUT2D eigenvalue weighted by Crippen LogP contribution is 2.15. The van der Waals surface area contributed by atoms with E-state index in [9.17, 15) is 23.6 Å². The van der Waals surface area contributed by atoms with Crippen LogP contribution in [0.1, 0.15) is 13.8 Å². The number of hydrogen-bond donors (Lipinski definition) is 3. The zero-order chi connectivity index (χ0) is 19.7. The van der Waals surface area contributed by atoms with Crippen LogP contribution in [-0.4, -0.2) is 48.0 Å². The Balaban J connectivity index is 2.39. The third-order valence-corrected chi connectivity index (χ3v) is 4.17. The highest BCUT2D eigenvalue weighted by atomic mass is 32.2. The molecule has 0 fully saturated rings. The van der Waals surface area contributed by atoms with Gasteiger partial charge in [-0.1, -0.05) is 0 Å². The summed E-state index contributed by atoms with van der Waals surface area (Å²) in [4.78, 5) is 46.4. The second-order valence-corrected chi connectivity index (χ2v) is 6.48. The Morgan fingerprint density at radius 3 is 2.35 bits per heavy atom. The van der Waals surface area contributed by atoms with Gasteiger partial charge in [0.15, 0.2) is 6.10 Å². The molecule has 1 aromatic rings. The number of anilines is 1. The second kappa shape index (κ2) is 10.4. The van der Waals surface area contributed by atoms with Crippen LogP contribution in [0.3, 0.4) is 0 Å². The van der Waals surface area contributed by atoms with Crippen molar-refractivity contribution < 1.29 is 28.3 Å². The minimum atomic E-state index is -1.16. The number of carbonyl (C=O) groups excluding carboxylic acids is 4. The van der Waals surface area contributed by atoms with E-state index in [1.165, 1.54) is 45.2 Å². The number of ether oxygens (including phenoxy) is 1. The number of carbonyl (C=O) groups is 4. The van der Waals surface area contributed by atoms with Crippen molar-refractivity contribution in [1.82, 2.24) is 10.6 Å². The normalized spacial score (nSPS) is 12.5. The number of urea groups is 1. The van der Waals surface area contributed by atoms with Crippen LogP contribution in [0.4, 0.5) is 14.9 Å². The van der Waals surface area contributed by atoms with E-state index in [4.69, 9.17) is 4.74 Å². The number of hydrogen-bond acceptors (Lipinski definition) is 6. The predicted octanol–water partition coefficient (Wildman–Crippen LogP) is 1.27. The fraction of sp³-hybridized carbons (Fsp3) is 0.375. The van der Waals surface area contributed by atoms with Crippen molar-refractivity contribution in [3.05, 3.63) is 30.1 Å². The molecule has 10 heteroatoms. The van der Waals surface area contributed by atoms with E-state index in [-0.39, 0.29) is 11.7 Å². The lowest BCUT2D eigenvalue weighted by Gasteiger charge is -2.16. The minimum absolute atomic E-state index is 0.0353. The molecular formula is C16H20FN3O5S. The zero-order valence-electron chi connectivity index (χ0n) is 14.5. The van der Waals surface area contributed by atoms with E-state index in [1.807, 2.05) is 5.32 Å². The van der Waals surface area contributed by atoms with Crippen LogP contribution in [0.15, 0.2) is 24.3 Å². The summed E-state index contributed by atoms with van der Waals surface area (Å²) in [7, 11) is 1.34. The molecule has 26 heavy (non-hydrogen) atoms. The fourth-order valence-corrected chi connectivity index (χ4v) is 2.26. The molecule has 3 N–H and O–H groups in total. The third-order valence-electron chi connectivity index (χ3n) is 3.05. The largest absolute Gasteiger partial charge is 0.452 e. The Kier molecular flexibility index (Phi) is 8.56. The summed E-state index contributed by atoms with van der Waals surface area (Å²) in [6, 6.07) is 4.56. The first-order chi connectivity index (χ1) is 12.2. The van der Waals surface area contributed by atoms with E-state index in [0.29, 0.717) is 5.69 Å². The molecule has 4 amide bonds. The SMILES string of the molecule is CNC(=O)NC(=O)[C@@H](C)OC(=O)[C@H](C)SCC(=O)Nc1ccc(F)cc1. The number of rotatable bonds is 7. The highest BCUT2D eigenvalue weighted by Gasteiger charge is 2.23. The van der Waals surface area contributed by atoms with Gasteiger partial charge in [-0.05, 0) is 38.1 Å². The maximum Gasteiger partial charge on any atom is 0.321 e. The Hall–Kier alpha value is -2.62. The molecule has 8 nitrogen and oxygen atoms in total. The van der Waals surface area contributed by atoms with Gasteiger partial charge in [0.1, 0.15) is 11.1 Å². The molecular weight excluding hydrogens is 365 g/mol. The van der Waals surface area contributed by atoms with Gasteiger partial charge < -0.3 is 15.4 Å². The van der Waals surface area contributed by atoms with Crippen molar-refractivity contribution in [1.29, 1.82) is 0 Å². The van der Waals surface area contributed by atoms with Crippen molar-refractivity contribution >= 4 is 41.3 Å². The van der Waals surface area contributed by atoms with Gasteiger partial charge in [-0.3, -0.25) is 19.7 Å². The molecule has 142 valence electrons. The molecule has 2 atom stereocenters. The molecule has 1 aromatic carbocycles. The van der Waals surface area contributed by atoms with Crippen molar-refractivity contribution in [2.24, 2.45) is 0 Å². The number of nitrogens with one attached hydrogen (secondary N) is 3. The number of amides is 4. The molecule has 0 spiro atoms. The number of halogens is 1. The van der Waals surface area contributed by atoms with Gasteiger partial charge in [-0.15, -0.1) is 11.8 Å². The quantitative estimate of drug-likeness (QED) is 0.609. The van der Waals surface area contributed by atoms with Gasteiger partial charge in [0.25, 0.3) is 5.91 Å². The van der Waals surface area contributed by atoms with Gasteiger partial charge in [0, 0.05) is 12.7 Å². The summed E-state index contributed by atoms with van der Waals surface area (Å²) >= 11 is 1.02. The zero-order valence-corrected chi connectivity index (χ0v) is 15.3. The average molecular weight is 385 g/mol. The van der Waals surface area contributed by atoms with Crippen LogP contribution < -0.4 is 16.0 Å². The van der Waals surface area contributed by atoms with Crippen LogP contribution >= 0.6 is 11.8 Å². The first-order valence-corrected chi connectivity index (χ1v) is 8.68. The lowest BCUT2D eigenvalue weighted by Crippen LogP contribution is -2.44. The van der Waals surface area contributed by atoms with Crippen molar-refractivity contribution in [2.45, 2.75) is 25.2 Å². The molecule has 0 aliphatic carbocycles. The smallest absolute Gasteiger partial charge is 0.321 e. The highest BCUT2D eigenvalue weighted by molar-refractivity contribution is 8.01. The minimum Gasteiger partial charge on any atom is -0.452 e. The van der Waals surface area contributed by atoms with Crippen LogP contribution in [-0.2, 0) is 19.1 Å². The maximum absolute atomic E-state index is 12.8. The van der Waals surface area contributed by atoms with Gasteiger partial charge in [-0.25, -0.2) is 9.18 Å². The first kappa shape index (κ1) is 21.4. The van der Waals surface area contributed by atoms with Gasteiger partial charge in [0.2, 0.25) is 5.91 Å². The molecule has 0 bridgehead atoms. The number of benzene rings is 1. The molecule has 0 radical (unpaired) electrons. The van der Waals surface area contributed by atoms with Crippen LogP contribution in [0, 0.1) is 5.82 Å². The topological polar surface area (TPSA) is 114 Å². The predicted molar refractivity (Wildman–Crippen MR) is 95.1 cm³/mol. The van der Waals surface area contributed by atoms with Gasteiger partial charge >= 0.3 is 12.0 Å². The van der Waals surface area contributed by atoms with Crippen molar-refractivity contribution in [3.63, 3.8) is 0 Å². The third kappa shape index (κ3) is 7.51. The Morgan fingerprint density at radius 2 is 1.77 bits per heavy atom. The Bertz CT molecular complexity index is 668. The lowest BCUT2D eigenvalue weighted by molar-refractivity contribution is -0.153. The Labute approximate surface area is 154 Å². The summed E-state index contributed by atoms with van der Waals surface area (Å²) < 4.78 is 17.8. The lowest BCUT2D eigenvalue weighted by atomic mass is 10.3. The Morgan fingerprint density at radius 1 is 1.15 bits per heavy atom. The van der Waals surface area contributed by atoms with Crippen LogP contribution in [0.2, 0.25) is 0 Å². The number of thioether (sulfide) groups is 1. The molecule has 0 aliphatic heterocycles. The summed E-state index contributed by atoms with van der Waals surface area (Å²) in [5.41, 5.74) is 0.437. The standard InChI is InChI=1S/C16H20FN3O5S/c1-9(14(22)20-16(24)18-3)25-15(23)10(2)26-8-13(21)19-12-6-4-11(17)5-7-12/h4-7,9-10H,8H2,1-3H3,(H,19,21)(H2,18,20,22,24)/t9-,10+/m1/s1. The van der Waals surface area contributed by atoms with Crippen LogP contribution in [0.5, 0.6) is 0 Å². The van der Waals surface area contributed by atoms with E-state index in [1.54, 1.807) is 0 Å². The molecule has 0 unspecified atom stereocenters. The maximum atomic E-state index is 12.8. The number of esters is 1. The molecule has 0 saturated carbocycles. The summed E-state index contributed by atoms with van der Waals surface area (Å²) in [5, 5.41) is 6.05. The summed E-state index contributed by atoms with van der Waals surface area (Å²) in [6.45, 7) is 2.86. The average Bonchev–Trinajstić information content (AvgIpc) is 2.61. The second-order valence-electron chi connectivity index (χ2n) is 5.16. The monoisotopic (exact) mass is 385 g/mol. The molecule has 0 aromatic heterocycles. The van der Waals surface area contributed by atoms with E-state index in [2.05, 4.69) is 10.6 Å². The molecule has 0 aliphatic rings. The number of imide groups is 1. The van der Waals surface area contributed by atoms with E-state index in [0.717, 1.165) is 11.8 Å². The van der Waals surface area contributed by atoms with E-state index >= 15 is 0 Å². The van der Waals surface area contributed by atoms with Gasteiger partial charge in [0.05, 0.1) is 5.75 Å². The van der Waals surface area contributed by atoms with Gasteiger partial charge in [-0.2, -0.15) is 0 Å². The summed E-state index contributed by atoms with van der Waals surface area (Å²) in [5.74, 6) is -2.27. The van der Waals surface area contributed by atoms with Crippen molar-refractivity contribution in [2.75, 3.05) is 18.1 Å². The first-order valence-electron chi connectivity index (χ1n) is 7.63. The molecule has 1 rings (SSSR count). The summed E-state index contributed by atoms with van der Waals surface area (Å²) in [6.07, 6.45) is -1.16.